The van der Waals surface area contributed by atoms with Crippen molar-refractivity contribution in [2.75, 3.05) is 13.7 Å². The number of fused-ring (bicyclic) bond motifs is 1. The Bertz CT molecular complexity index is 875. The van der Waals surface area contributed by atoms with Crippen LogP contribution in [0.4, 0.5) is 0 Å². The number of aryl methyl sites for hydroxylation is 1. The number of halogens is 1. The molecule has 0 fully saturated rings. The van der Waals surface area contributed by atoms with Gasteiger partial charge in [-0.25, -0.2) is 4.98 Å². The van der Waals surface area contributed by atoms with Crippen molar-refractivity contribution < 1.29 is 4.74 Å². The lowest BCUT2D eigenvalue weighted by atomic mass is 10.2. The highest BCUT2D eigenvalue weighted by Gasteiger charge is 2.18. The monoisotopic (exact) mass is 343 g/mol. The zero-order valence-electron chi connectivity index (χ0n) is 13.6. The number of ether oxygens (including phenoxy) is 1. The van der Waals surface area contributed by atoms with Crippen molar-refractivity contribution in [3.8, 4) is 23.0 Å². The fraction of sp³-hybridized carbons (Fsp3) is 0.294. The van der Waals surface area contributed by atoms with E-state index >= 15 is 0 Å². The van der Waals surface area contributed by atoms with E-state index in [1.165, 1.54) is 5.69 Å². The summed E-state index contributed by atoms with van der Waals surface area (Å²) < 4.78 is 9.54. The molecule has 6 nitrogen and oxygen atoms in total. The molecule has 0 saturated carbocycles. The van der Waals surface area contributed by atoms with Crippen LogP contribution in [0, 0.1) is 6.92 Å². The largest absolute Gasteiger partial charge is 0.495 e. The Morgan fingerprint density at radius 3 is 2.96 bits per heavy atom. The molecule has 3 heterocycles. The normalized spacial score (nSPS) is 13.8. The highest BCUT2D eigenvalue weighted by atomic mass is 35.5. The highest BCUT2D eigenvalue weighted by molar-refractivity contribution is 6.31. The van der Waals surface area contributed by atoms with Crippen molar-refractivity contribution in [3.05, 3.63) is 46.9 Å². The maximum absolute atomic E-state index is 6.22. The first-order chi connectivity index (χ1) is 11.7. The lowest BCUT2D eigenvalue weighted by Crippen LogP contribution is -2.28. The number of benzene rings is 1. The summed E-state index contributed by atoms with van der Waals surface area (Å²) in [5.41, 5.74) is 3.91. The molecule has 1 aromatic carbocycles. The summed E-state index contributed by atoms with van der Waals surface area (Å²) in [6.07, 6.45) is 3.69. The molecule has 0 saturated heterocycles. The topological polar surface area (TPSA) is 56.9 Å². The first-order valence-corrected chi connectivity index (χ1v) is 8.21. The predicted octanol–water partition coefficient (Wildman–Crippen LogP) is 2.81. The summed E-state index contributed by atoms with van der Waals surface area (Å²) in [5.74, 6) is 1.49. The molecule has 0 atom stereocenters. The molecule has 0 spiro atoms. The molecule has 2 aromatic heterocycles. The van der Waals surface area contributed by atoms with E-state index in [4.69, 9.17) is 21.4 Å². The SMILES string of the molecule is COc1cc(Cl)c(C)cc1-n1ccnc1-c1cc2n(n1)CCNC2. The number of rotatable bonds is 3. The summed E-state index contributed by atoms with van der Waals surface area (Å²) in [7, 11) is 1.64. The molecule has 3 aromatic rings. The second kappa shape index (κ2) is 5.96. The molecule has 24 heavy (non-hydrogen) atoms. The molecule has 124 valence electrons. The lowest BCUT2D eigenvalue weighted by molar-refractivity contribution is 0.413. The van der Waals surface area contributed by atoms with E-state index in [1.807, 2.05) is 34.5 Å². The molecule has 1 aliphatic rings. The zero-order valence-corrected chi connectivity index (χ0v) is 14.3. The van der Waals surface area contributed by atoms with Crippen LogP contribution >= 0.6 is 11.6 Å². The van der Waals surface area contributed by atoms with Crippen LogP contribution in [-0.2, 0) is 13.1 Å². The smallest absolute Gasteiger partial charge is 0.165 e. The van der Waals surface area contributed by atoms with Crippen molar-refractivity contribution in [1.29, 1.82) is 0 Å². The van der Waals surface area contributed by atoms with Gasteiger partial charge in [-0.3, -0.25) is 9.25 Å². The third-order valence-corrected chi connectivity index (χ3v) is 4.67. The van der Waals surface area contributed by atoms with Gasteiger partial charge in [-0.15, -0.1) is 0 Å². The molecule has 0 unspecified atom stereocenters. The second-order valence-electron chi connectivity index (χ2n) is 5.81. The minimum atomic E-state index is 0.681. The fourth-order valence-electron chi connectivity index (χ4n) is 2.99. The van der Waals surface area contributed by atoms with Gasteiger partial charge >= 0.3 is 0 Å². The minimum Gasteiger partial charge on any atom is -0.495 e. The Kier molecular flexibility index (Phi) is 3.78. The van der Waals surface area contributed by atoms with E-state index in [0.29, 0.717) is 10.8 Å². The third kappa shape index (κ3) is 2.48. The van der Waals surface area contributed by atoms with Crippen LogP contribution in [-0.4, -0.2) is 33.0 Å². The van der Waals surface area contributed by atoms with Gasteiger partial charge in [0.2, 0.25) is 0 Å². The summed E-state index contributed by atoms with van der Waals surface area (Å²) in [6.45, 7) is 4.62. The van der Waals surface area contributed by atoms with E-state index < -0.39 is 0 Å². The Hall–Kier alpha value is -2.31. The molecular formula is C17H18ClN5O. The summed E-state index contributed by atoms with van der Waals surface area (Å²) in [5, 5.41) is 8.74. The van der Waals surface area contributed by atoms with Crippen molar-refractivity contribution in [1.82, 2.24) is 24.6 Å². The number of aromatic nitrogens is 4. The number of hydrogen-bond donors (Lipinski definition) is 1. The van der Waals surface area contributed by atoms with Crippen LogP contribution in [0.25, 0.3) is 17.2 Å². The van der Waals surface area contributed by atoms with Crippen LogP contribution in [0.5, 0.6) is 5.75 Å². The van der Waals surface area contributed by atoms with Gasteiger partial charge in [0.05, 0.1) is 25.0 Å². The maximum Gasteiger partial charge on any atom is 0.165 e. The van der Waals surface area contributed by atoms with Crippen molar-refractivity contribution in [2.45, 2.75) is 20.0 Å². The van der Waals surface area contributed by atoms with Gasteiger partial charge in [0.1, 0.15) is 11.4 Å². The van der Waals surface area contributed by atoms with Crippen molar-refractivity contribution in [2.24, 2.45) is 0 Å². The van der Waals surface area contributed by atoms with Crippen LogP contribution < -0.4 is 10.1 Å². The Labute approximate surface area is 145 Å². The Morgan fingerprint density at radius 2 is 2.17 bits per heavy atom. The molecule has 0 aliphatic carbocycles. The lowest BCUT2D eigenvalue weighted by Gasteiger charge is -2.14. The fourth-order valence-corrected chi connectivity index (χ4v) is 3.14. The van der Waals surface area contributed by atoms with Gasteiger partial charge in [0.25, 0.3) is 0 Å². The number of hydrogen-bond acceptors (Lipinski definition) is 4. The van der Waals surface area contributed by atoms with Crippen LogP contribution in [0.15, 0.2) is 30.6 Å². The van der Waals surface area contributed by atoms with E-state index in [9.17, 15) is 0 Å². The molecule has 4 rings (SSSR count). The van der Waals surface area contributed by atoms with Gasteiger partial charge in [0, 0.05) is 36.6 Å². The first kappa shape index (κ1) is 15.2. The van der Waals surface area contributed by atoms with Gasteiger partial charge in [-0.05, 0) is 24.6 Å². The number of nitrogens with one attached hydrogen (secondary N) is 1. The number of methoxy groups -OCH3 is 1. The quantitative estimate of drug-likeness (QED) is 0.794. The molecule has 1 aliphatic heterocycles. The van der Waals surface area contributed by atoms with E-state index in [1.54, 1.807) is 13.3 Å². The molecule has 0 amide bonds. The van der Waals surface area contributed by atoms with Crippen LogP contribution in [0.2, 0.25) is 5.02 Å². The Morgan fingerprint density at radius 1 is 1.29 bits per heavy atom. The first-order valence-electron chi connectivity index (χ1n) is 7.83. The van der Waals surface area contributed by atoms with Crippen LogP contribution in [0.1, 0.15) is 11.3 Å². The maximum atomic E-state index is 6.22. The molecule has 0 bridgehead atoms. The Balaban J connectivity index is 1.84. The van der Waals surface area contributed by atoms with Gasteiger partial charge in [-0.2, -0.15) is 5.10 Å². The van der Waals surface area contributed by atoms with Gasteiger partial charge in [-0.1, -0.05) is 11.6 Å². The van der Waals surface area contributed by atoms with Gasteiger partial charge < -0.3 is 10.1 Å². The standard InChI is InChI=1S/C17H18ClN5O/c1-11-7-15(16(24-2)9-13(11)18)22-5-4-20-17(22)14-8-12-10-19-3-6-23(12)21-14/h4-5,7-9,19H,3,6,10H2,1-2H3. The van der Waals surface area contributed by atoms with Crippen molar-refractivity contribution >= 4 is 11.6 Å². The minimum absolute atomic E-state index is 0.681. The van der Waals surface area contributed by atoms with Gasteiger partial charge in [0.15, 0.2) is 5.82 Å². The summed E-state index contributed by atoms with van der Waals surface area (Å²) in [6, 6.07) is 5.92. The summed E-state index contributed by atoms with van der Waals surface area (Å²) >= 11 is 6.22. The van der Waals surface area contributed by atoms with E-state index in [-0.39, 0.29) is 0 Å². The van der Waals surface area contributed by atoms with E-state index in [0.717, 1.165) is 42.4 Å². The third-order valence-electron chi connectivity index (χ3n) is 4.26. The average Bonchev–Trinajstić information content (AvgIpc) is 3.22. The molecule has 0 radical (unpaired) electrons. The zero-order chi connectivity index (χ0) is 16.7. The second-order valence-corrected chi connectivity index (χ2v) is 6.22. The number of imidazole rings is 1. The summed E-state index contributed by atoms with van der Waals surface area (Å²) in [4.78, 5) is 4.51. The average molecular weight is 344 g/mol. The molecular weight excluding hydrogens is 326 g/mol. The predicted molar refractivity (Wildman–Crippen MR) is 92.8 cm³/mol. The van der Waals surface area contributed by atoms with Crippen LogP contribution in [0.3, 0.4) is 0 Å². The highest BCUT2D eigenvalue weighted by Crippen LogP contribution is 2.32. The van der Waals surface area contributed by atoms with E-state index in [2.05, 4.69) is 16.4 Å². The molecule has 7 heteroatoms. The molecule has 1 N–H and O–H groups in total. The number of nitrogens with zero attached hydrogens (tertiary/aromatic N) is 4. The van der Waals surface area contributed by atoms with Crippen molar-refractivity contribution in [3.63, 3.8) is 0 Å².